The Kier molecular flexibility index (Phi) is 6.37. The van der Waals surface area contributed by atoms with Gasteiger partial charge in [0.25, 0.3) is 0 Å². The molecule has 0 amide bonds. The van der Waals surface area contributed by atoms with Gasteiger partial charge >= 0.3 is 15.6 Å². The fraction of sp³-hybridized carbons (Fsp3) is 0.615. The van der Waals surface area contributed by atoms with E-state index in [9.17, 15) is 18.9 Å². The van der Waals surface area contributed by atoms with E-state index in [4.69, 9.17) is 14.3 Å². The van der Waals surface area contributed by atoms with Crippen LogP contribution in [0.15, 0.2) is 6.33 Å². The van der Waals surface area contributed by atoms with Crippen molar-refractivity contribution in [1.29, 1.82) is 0 Å². The number of hydrogen-bond donors (Lipinski definition) is 6. The number of phosphoric acid groups is 2. The van der Waals surface area contributed by atoms with Crippen molar-refractivity contribution in [2.75, 3.05) is 19.0 Å². The van der Waals surface area contributed by atoms with Crippen molar-refractivity contribution < 1.29 is 37.8 Å². The number of aromatic nitrogens is 4. The summed E-state index contributed by atoms with van der Waals surface area (Å²) < 4.78 is 34.6. The molecule has 168 valence electrons. The molecule has 2 aromatic heterocycles. The summed E-state index contributed by atoms with van der Waals surface area (Å²) in [5.74, 6) is 0.375. The summed E-state index contributed by atoms with van der Waals surface area (Å²) in [5.41, 5.74) is 0.187. The highest BCUT2D eigenvalue weighted by molar-refractivity contribution is 14.1. The fourth-order valence-corrected chi connectivity index (χ4v) is 5.76. The summed E-state index contributed by atoms with van der Waals surface area (Å²) in [7, 11) is -7.85. The van der Waals surface area contributed by atoms with Gasteiger partial charge in [0.2, 0.25) is 0 Å². The van der Waals surface area contributed by atoms with Crippen LogP contribution >= 0.6 is 38.2 Å². The van der Waals surface area contributed by atoms with E-state index in [1.54, 1.807) is 17.9 Å². The average molecular weight is 578 g/mol. The Morgan fingerprint density at radius 1 is 1.30 bits per heavy atom. The van der Waals surface area contributed by atoms with E-state index in [2.05, 4.69) is 24.8 Å². The Hall–Kier alpha value is -0.740. The number of fused-ring (bicyclic) bond motifs is 2. The summed E-state index contributed by atoms with van der Waals surface area (Å²) in [5, 5.41) is 2.95. The predicted octanol–water partition coefficient (Wildman–Crippen LogP) is 1.17. The lowest BCUT2D eigenvalue weighted by molar-refractivity contribution is 0.0499. The SMILES string of the molecule is CNc1nc(I)nc2c1ncn2[C@H]1C[C@H](OP(=O)(O)O)[C@]2(COP(=O)(O)O)C[C@H]12.N. The van der Waals surface area contributed by atoms with Gasteiger partial charge in [0.15, 0.2) is 20.8 Å². The molecular weight excluding hydrogens is 557 g/mol. The highest BCUT2D eigenvalue weighted by Gasteiger charge is 2.70. The monoisotopic (exact) mass is 578 g/mol. The van der Waals surface area contributed by atoms with Crippen LogP contribution in [0.1, 0.15) is 18.9 Å². The van der Waals surface area contributed by atoms with Gasteiger partial charge < -0.3 is 35.6 Å². The van der Waals surface area contributed by atoms with Gasteiger partial charge in [-0.25, -0.2) is 24.1 Å². The van der Waals surface area contributed by atoms with Gasteiger partial charge in [-0.2, -0.15) is 0 Å². The number of nitrogens with one attached hydrogen (secondary N) is 1. The molecule has 2 aliphatic rings. The first-order chi connectivity index (χ1) is 13.4. The van der Waals surface area contributed by atoms with Gasteiger partial charge in [0.05, 0.1) is 19.0 Å². The molecule has 14 nitrogen and oxygen atoms in total. The number of halogens is 1. The van der Waals surface area contributed by atoms with Crippen LogP contribution in [-0.4, -0.2) is 58.9 Å². The van der Waals surface area contributed by atoms with Gasteiger partial charge in [0, 0.05) is 41.1 Å². The second-order valence-corrected chi connectivity index (χ2v) is 10.5. The van der Waals surface area contributed by atoms with Crippen LogP contribution in [0.2, 0.25) is 0 Å². The molecule has 4 rings (SSSR count). The molecule has 2 heterocycles. The summed E-state index contributed by atoms with van der Waals surface area (Å²) >= 11 is 1.98. The second kappa shape index (κ2) is 7.99. The van der Waals surface area contributed by atoms with Crippen LogP contribution in [0.4, 0.5) is 5.82 Å². The van der Waals surface area contributed by atoms with Gasteiger partial charge in [-0.05, 0) is 18.8 Å². The third kappa shape index (κ3) is 4.41. The molecule has 0 aliphatic heterocycles. The van der Waals surface area contributed by atoms with E-state index in [-0.39, 0.29) is 31.1 Å². The molecule has 2 aliphatic carbocycles. The predicted molar refractivity (Wildman–Crippen MR) is 112 cm³/mol. The van der Waals surface area contributed by atoms with Gasteiger partial charge in [-0.1, -0.05) is 0 Å². The van der Waals surface area contributed by atoms with Crippen molar-refractivity contribution in [3.05, 3.63) is 10.2 Å². The molecule has 0 aromatic carbocycles. The van der Waals surface area contributed by atoms with Gasteiger partial charge in [-0.3, -0.25) is 9.05 Å². The molecule has 30 heavy (non-hydrogen) atoms. The molecule has 0 unspecified atom stereocenters. The zero-order valence-electron chi connectivity index (χ0n) is 15.6. The first-order valence-corrected chi connectivity index (χ1v) is 12.6. The first-order valence-electron chi connectivity index (χ1n) is 8.45. The second-order valence-electron chi connectivity index (χ2n) is 7.11. The molecule has 17 heteroatoms. The molecule has 0 radical (unpaired) electrons. The number of hydrogen-bond acceptors (Lipinski definition) is 9. The zero-order chi connectivity index (χ0) is 21.2. The molecule has 2 aromatic rings. The van der Waals surface area contributed by atoms with Crippen LogP contribution < -0.4 is 11.5 Å². The number of rotatable bonds is 7. The minimum Gasteiger partial charge on any atom is -0.371 e. The van der Waals surface area contributed by atoms with Crippen molar-refractivity contribution in [1.82, 2.24) is 25.7 Å². The molecule has 2 saturated carbocycles. The van der Waals surface area contributed by atoms with E-state index in [0.29, 0.717) is 27.2 Å². The van der Waals surface area contributed by atoms with Crippen LogP contribution in [-0.2, 0) is 18.2 Å². The summed E-state index contributed by atoms with van der Waals surface area (Å²) in [6, 6.07) is -0.285. The Balaban J connectivity index is 0.00000256. The fourth-order valence-electron chi connectivity index (χ4n) is 4.25. The first kappa shape index (κ1) is 23.9. The normalized spacial score (nSPS) is 28.3. The van der Waals surface area contributed by atoms with Crippen molar-refractivity contribution in [2.24, 2.45) is 11.3 Å². The number of phosphoric ester groups is 2. The topological polar surface area (TPSA) is 224 Å². The third-order valence-electron chi connectivity index (χ3n) is 5.49. The number of anilines is 1. The molecule has 0 saturated heterocycles. The molecule has 0 spiro atoms. The lowest BCUT2D eigenvalue weighted by atomic mass is 10.0. The van der Waals surface area contributed by atoms with Gasteiger partial charge in [0.1, 0.15) is 0 Å². The van der Waals surface area contributed by atoms with E-state index in [1.807, 2.05) is 22.6 Å². The minimum atomic E-state index is -4.82. The zero-order valence-corrected chi connectivity index (χ0v) is 19.6. The summed E-state index contributed by atoms with van der Waals surface area (Å²) in [6.07, 6.45) is 1.28. The maximum atomic E-state index is 11.5. The Morgan fingerprint density at radius 3 is 2.60 bits per heavy atom. The maximum absolute atomic E-state index is 11.5. The van der Waals surface area contributed by atoms with Crippen LogP contribution in [0, 0.1) is 15.2 Å². The highest BCUT2D eigenvalue weighted by Crippen LogP contribution is 2.71. The van der Waals surface area contributed by atoms with Crippen molar-refractivity contribution >= 4 is 55.2 Å². The quantitative estimate of drug-likeness (QED) is 0.154. The molecule has 4 atom stereocenters. The molecular formula is C13H21IN6O8P2. The van der Waals surface area contributed by atoms with Gasteiger partial charge in [-0.15, -0.1) is 0 Å². The van der Waals surface area contributed by atoms with Crippen molar-refractivity contribution in [3.8, 4) is 0 Å². The van der Waals surface area contributed by atoms with E-state index < -0.39 is 27.2 Å². The highest BCUT2D eigenvalue weighted by atomic mass is 127. The van der Waals surface area contributed by atoms with Crippen molar-refractivity contribution in [3.63, 3.8) is 0 Å². The minimum absolute atomic E-state index is 0. The molecule has 2 fully saturated rings. The Labute approximate surface area is 184 Å². The third-order valence-corrected chi connectivity index (χ3v) is 6.97. The largest absolute Gasteiger partial charge is 0.469 e. The molecule has 8 N–H and O–H groups in total. The van der Waals surface area contributed by atoms with E-state index in [0.717, 1.165) is 0 Å². The van der Waals surface area contributed by atoms with E-state index >= 15 is 0 Å². The number of nitrogens with zero attached hydrogens (tertiary/aromatic N) is 4. The Bertz CT molecular complexity index is 1060. The average Bonchev–Trinajstić information content (AvgIpc) is 3.07. The standard InChI is InChI=1S/C13H18IN5O8P2.H3N/c1-15-10-9-11(18-12(14)17-10)19(5-16-9)7-2-8(27-29(23,24)25)13(3-6(7)13)4-26-28(20,21)22;/h5-8H,2-4H2,1H3,(H,15,17,18)(H2,20,21,22)(H2,23,24,25);1H3/t6-,7+,8+,13+;/m1./s1. The lowest BCUT2D eigenvalue weighted by Gasteiger charge is -2.24. The molecule has 0 bridgehead atoms. The smallest absolute Gasteiger partial charge is 0.371 e. The van der Waals surface area contributed by atoms with Crippen LogP contribution in [0.5, 0.6) is 0 Å². The lowest BCUT2D eigenvalue weighted by Crippen LogP contribution is -2.26. The maximum Gasteiger partial charge on any atom is 0.469 e. The van der Waals surface area contributed by atoms with E-state index in [1.165, 1.54) is 0 Å². The van der Waals surface area contributed by atoms with Crippen LogP contribution in [0.25, 0.3) is 11.2 Å². The summed E-state index contributed by atoms with van der Waals surface area (Å²) in [4.78, 5) is 49.8. The number of imidazole rings is 1. The van der Waals surface area contributed by atoms with Crippen molar-refractivity contribution in [2.45, 2.75) is 25.0 Å². The Morgan fingerprint density at radius 2 is 2.00 bits per heavy atom. The summed E-state index contributed by atoms with van der Waals surface area (Å²) in [6.45, 7) is -0.371. The van der Waals surface area contributed by atoms with Crippen LogP contribution in [0.3, 0.4) is 0 Å².